The van der Waals surface area contributed by atoms with Gasteiger partial charge in [-0.1, -0.05) is 64.5 Å². The summed E-state index contributed by atoms with van der Waals surface area (Å²) in [4.78, 5) is 27.9. The molecule has 1 aromatic heterocycles. The molecule has 1 atom stereocenters. The Morgan fingerprint density at radius 2 is 1.74 bits per heavy atom. The van der Waals surface area contributed by atoms with Crippen LogP contribution in [0.2, 0.25) is 0 Å². The number of aliphatic hydroxyl groups is 1. The van der Waals surface area contributed by atoms with Crippen LogP contribution < -0.4 is 9.47 Å². The van der Waals surface area contributed by atoms with Gasteiger partial charge in [-0.3, -0.25) is 9.59 Å². The normalized spacial score (nSPS) is 16.6. The summed E-state index contributed by atoms with van der Waals surface area (Å²) < 4.78 is 17.9. The fraction of sp³-hybridized carbons (Fsp3) is 0.133. The van der Waals surface area contributed by atoms with Crippen molar-refractivity contribution in [3.8, 4) is 11.5 Å². The maximum Gasteiger partial charge on any atom is 0.296 e. The molecule has 0 radical (unpaired) electrons. The molecule has 1 saturated heterocycles. The average molecular weight is 574 g/mol. The van der Waals surface area contributed by atoms with Crippen LogP contribution in [0.5, 0.6) is 11.5 Å². The van der Waals surface area contributed by atoms with Crippen molar-refractivity contribution in [2.24, 2.45) is 0 Å². The lowest BCUT2D eigenvalue weighted by Crippen LogP contribution is -2.29. The summed E-state index contributed by atoms with van der Waals surface area (Å²) in [5.41, 5.74) is 1.99. The lowest BCUT2D eigenvalue weighted by atomic mass is 9.95. The molecule has 38 heavy (non-hydrogen) atoms. The molecule has 5 rings (SSSR count). The highest BCUT2D eigenvalue weighted by Crippen LogP contribution is 2.43. The number of methoxy groups -OCH3 is 1. The zero-order chi connectivity index (χ0) is 26.6. The molecule has 8 heteroatoms. The van der Waals surface area contributed by atoms with Crippen LogP contribution in [0.1, 0.15) is 28.5 Å². The summed E-state index contributed by atoms with van der Waals surface area (Å²) in [6.07, 6.45) is 1.50. The Morgan fingerprint density at radius 3 is 2.42 bits per heavy atom. The summed E-state index contributed by atoms with van der Waals surface area (Å²) in [7, 11) is 1.52. The summed E-state index contributed by atoms with van der Waals surface area (Å²) in [5, 5.41) is 11.3. The monoisotopic (exact) mass is 573 g/mol. The number of hydrogen-bond donors (Lipinski definition) is 1. The third kappa shape index (κ3) is 5.08. The summed E-state index contributed by atoms with van der Waals surface area (Å²) >= 11 is 3.38. The van der Waals surface area contributed by atoms with Crippen LogP contribution in [0, 0.1) is 0 Å². The molecule has 0 spiro atoms. The third-order valence-electron chi connectivity index (χ3n) is 6.30. The fourth-order valence-corrected chi connectivity index (χ4v) is 4.70. The molecule has 4 aromatic rings. The number of halogens is 1. The molecule has 7 nitrogen and oxygen atoms in total. The molecule has 1 aliphatic rings. The number of likely N-dealkylation sites (tertiary alicyclic amines) is 1. The minimum atomic E-state index is -0.874. The smallest absolute Gasteiger partial charge is 0.296 e. The Bertz CT molecular complexity index is 1480. The number of Topliss-reactive ketones (excluding diaryl/α,β-unsaturated/α-hetero) is 1. The van der Waals surface area contributed by atoms with Gasteiger partial charge in [-0.25, -0.2) is 0 Å². The van der Waals surface area contributed by atoms with Gasteiger partial charge in [-0.05, 0) is 47.5 Å². The molecule has 1 fully saturated rings. The first-order valence-electron chi connectivity index (χ1n) is 11.9. The molecule has 1 N–H and O–H groups in total. The first-order chi connectivity index (χ1) is 18.5. The van der Waals surface area contributed by atoms with E-state index >= 15 is 0 Å². The van der Waals surface area contributed by atoms with Crippen molar-refractivity contribution in [3.63, 3.8) is 0 Å². The first kappa shape index (κ1) is 25.4. The molecule has 0 saturated carbocycles. The van der Waals surface area contributed by atoms with Gasteiger partial charge in [0.15, 0.2) is 11.5 Å². The van der Waals surface area contributed by atoms with Crippen molar-refractivity contribution in [1.82, 2.24) is 4.90 Å². The molecule has 1 aliphatic heterocycles. The highest BCUT2D eigenvalue weighted by molar-refractivity contribution is 9.10. The number of amides is 1. The van der Waals surface area contributed by atoms with Crippen molar-refractivity contribution < 1.29 is 28.6 Å². The summed E-state index contributed by atoms with van der Waals surface area (Å²) in [6.45, 7) is 0.394. The van der Waals surface area contributed by atoms with E-state index in [2.05, 4.69) is 15.9 Å². The van der Waals surface area contributed by atoms with E-state index in [1.54, 1.807) is 54.6 Å². The van der Waals surface area contributed by atoms with E-state index in [0.717, 1.165) is 10.0 Å². The fourth-order valence-electron chi connectivity index (χ4n) is 4.43. The highest BCUT2D eigenvalue weighted by atomic mass is 79.9. The van der Waals surface area contributed by atoms with E-state index in [-0.39, 0.29) is 17.9 Å². The van der Waals surface area contributed by atoms with E-state index in [1.807, 2.05) is 30.3 Å². The van der Waals surface area contributed by atoms with Gasteiger partial charge in [-0.2, -0.15) is 0 Å². The SMILES string of the molecule is COc1cc(C2/C(=C(\O)c3ccc(Br)cc3)C(=O)C(=O)N2Cc2ccco2)ccc1OCc1ccccc1. The maximum absolute atomic E-state index is 13.3. The van der Waals surface area contributed by atoms with E-state index in [9.17, 15) is 14.7 Å². The predicted octanol–water partition coefficient (Wildman–Crippen LogP) is 6.25. The number of carbonyl (C=O) groups excluding carboxylic acids is 2. The molecule has 0 aliphatic carbocycles. The Morgan fingerprint density at radius 1 is 0.974 bits per heavy atom. The molecule has 1 amide bonds. The van der Waals surface area contributed by atoms with Crippen LogP contribution in [-0.2, 0) is 22.7 Å². The number of aliphatic hydroxyl groups excluding tert-OH is 1. The van der Waals surface area contributed by atoms with Gasteiger partial charge in [0.25, 0.3) is 11.7 Å². The minimum Gasteiger partial charge on any atom is -0.507 e. The Labute approximate surface area is 228 Å². The Balaban J connectivity index is 1.56. The number of ether oxygens (including phenoxy) is 2. The first-order valence-corrected chi connectivity index (χ1v) is 12.7. The van der Waals surface area contributed by atoms with Crippen molar-refractivity contribution in [1.29, 1.82) is 0 Å². The van der Waals surface area contributed by atoms with Gasteiger partial charge in [0.05, 0.1) is 31.5 Å². The summed E-state index contributed by atoms with van der Waals surface area (Å²) in [6, 6.07) is 24.4. The van der Waals surface area contributed by atoms with Crippen molar-refractivity contribution in [3.05, 3.63) is 124 Å². The second kappa shape index (κ2) is 11.0. The zero-order valence-electron chi connectivity index (χ0n) is 20.5. The van der Waals surface area contributed by atoms with Crippen molar-refractivity contribution in [2.75, 3.05) is 7.11 Å². The van der Waals surface area contributed by atoms with Crippen LogP contribution in [0.25, 0.3) is 5.76 Å². The second-order valence-corrected chi connectivity index (χ2v) is 9.61. The molecule has 1 unspecified atom stereocenters. The topological polar surface area (TPSA) is 89.2 Å². The van der Waals surface area contributed by atoms with Crippen LogP contribution in [0.3, 0.4) is 0 Å². The molecule has 3 aromatic carbocycles. The third-order valence-corrected chi connectivity index (χ3v) is 6.83. The van der Waals surface area contributed by atoms with Gasteiger partial charge >= 0.3 is 0 Å². The average Bonchev–Trinajstić information content (AvgIpc) is 3.55. The van der Waals surface area contributed by atoms with Gasteiger partial charge in [0, 0.05) is 10.0 Å². The molecule has 192 valence electrons. The second-order valence-electron chi connectivity index (χ2n) is 8.70. The van der Waals surface area contributed by atoms with E-state index < -0.39 is 17.7 Å². The van der Waals surface area contributed by atoms with Gasteiger partial charge in [-0.15, -0.1) is 0 Å². The van der Waals surface area contributed by atoms with E-state index in [4.69, 9.17) is 13.9 Å². The minimum absolute atomic E-state index is 0.0103. The van der Waals surface area contributed by atoms with Gasteiger partial charge < -0.3 is 23.9 Å². The van der Waals surface area contributed by atoms with Crippen LogP contribution in [-0.4, -0.2) is 28.8 Å². The number of ketones is 1. The van der Waals surface area contributed by atoms with Gasteiger partial charge in [0.2, 0.25) is 0 Å². The largest absolute Gasteiger partial charge is 0.507 e. The number of nitrogens with zero attached hydrogens (tertiary/aromatic N) is 1. The number of furan rings is 1. The lowest BCUT2D eigenvalue weighted by molar-refractivity contribution is -0.140. The van der Waals surface area contributed by atoms with Crippen LogP contribution >= 0.6 is 15.9 Å². The number of rotatable bonds is 8. The van der Waals surface area contributed by atoms with Crippen LogP contribution in [0.15, 0.2) is 106 Å². The lowest BCUT2D eigenvalue weighted by Gasteiger charge is -2.25. The van der Waals surface area contributed by atoms with Crippen molar-refractivity contribution in [2.45, 2.75) is 19.2 Å². The van der Waals surface area contributed by atoms with E-state index in [0.29, 0.717) is 35.0 Å². The number of benzene rings is 3. The van der Waals surface area contributed by atoms with Crippen molar-refractivity contribution >= 4 is 33.4 Å². The molecular formula is C30H24BrNO6. The zero-order valence-corrected chi connectivity index (χ0v) is 22.1. The van der Waals surface area contributed by atoms with Crippen LogP contribution in [0.4, 0.5) is 0 Å². The van der Waals surface area contributed by atoms with Gasteiger partial charge in [0.1, 0.15) is 18.1 Å². The standard InChI is InChI=1S/C30H24BrNO6/c1-36-25-16-21(11-14-24(25)38-18-19-6-3-2-4-7-19)27-26(28(33)20-9-12-22(31)13-10-20)29(34)30(35)32(27)17-23-8-5-15-37-23/h2-16,27,33H,17-18H2,1H3/b28-26+. The number of hydrogen-bond acceptors (Lipinski definition) is 6. The summed E-state index contributed by atoms with van der Waals surface area (Å²) in [5.74, 6) is -0.304. The molecular weight excluding hydrogens is 550 g/mol. The molecule has 0 bridgehead atoms. The molecule has 2 heterocycles. The Hall–Kier alpha value is -4.30. The highest BCUT2D eigenvalue weighted by Gasteiger charge is 2.46. The van der Waals surface area contributed by atoms with E-state index in [1.165, 1.54) is 18.3 Å². The predicted molar refractivity (Wildman–Crippen MR) is 144 cm³/mol. The Kier molecular flexibility index (Phi) is 7.33. The quantitative estimate of drug-likeness (QED) is 0.152. The number of carbonyl (C=O) groups is 2. The maximum atomic E-state index is 13.3.